The standard InChI is InChI=1S/C14H9F2IO3.C12H8F2O/c1-20-14(19)10-4-7(5-12(17)13(10)18)9-3-2-8(15)6-11(9)16;13-9-3-6-11(12(14)7-9)8-1-4-10(15)5-2-8/h2-6,18H,1H3;1-7,15H. The molecular formula is C26H17F4IO4. The van der Waals surface area contributed by atoms with Gasteiger partial charge in [-0.3, -0.25) is 0 Å². The summed E-state index contributed by atoms with van der Waals surface area (Å²) in [5.74, 6) is -3.50. The Hall–Kier alpha value is -3.60. The molecule has 0 aliphatic rings. The van der Waals surface area contributed by atoms with Crippen molar-refractivity contribution in [3.8, 4) is 33.8 Å². The van der Waals surface area contributed by atoms with E-state index in [0.29, 0.717) is 20.3 Å². The molecule has 0 amide bonds. The van der Waals surface area contributed by atoms with Gasteiger partial charge in [0.25, 0.3) is 0 Å². The van der Waals surface area contributed by atoms with E-state index in [1.807, 2.05) is 22.6 Å². The van der Waals surface area contributed by atoms with Gasteiger partial charge in [-0.05, 0) is 82.2 Å². The second kappa shape index (κ2) is 11.2. The van der Waals surface area contributed by atoms with E-state index in [9.17, 15) is 27.5 Å². The van der Waals surface area contributed by atoms with Gasteiger partial charge in [0, 0.05) is 23.3 Å². The molecule has 0 atom stereocenters. The van der Waals surface area contributed by atoms with Crippen molar-refractivity contribution in [1.29, 1.82) is 0 Å². The molecule has 0 saturated heterocycles. The van der Waals surface area contributed by atoms with Crippen molar-refractivity contribution in [3.05, 3.63) is 105 Å². The average Bonchev–Trinajstić information content (AvgIpc) is 2.81. The Morgan fingerprint density at radius 3 is 1.74 bits per heavy atom. The van der Waals surface area contributed by atoms with Gasteiger partial charge < -0.3 is 14.9 Å². The Balaban J connectivity index is 0.000000203. The molecule has 4 aromatic rings. The van der Waals surface area contributed by atoms with Crippen LogP contribution in [0.2, 0.25) is 0 Å². The summed E-state index contributed by atoms with van der Waals surface area (Å²) in [4.78, 5) is 11.6. The van der Waals surface area contributed by atoms with Crippen molar-refractivity contribution in [2.45, 2.75) is 0 Å². The quantitative estimate of drug-likeness (QED) is 0.151. The van der Waals surface area contributed by atoms with Gasteiger partial charge in [-0.1, -0.05) is 12.1 Å². The third-order valence-corrected chi connectivity index (χ3v) is 5.64. The molecule has 0 fully saturated rings. The zero-order valence-corrected chi connectivity index (χ0v) is 20.2. The predicted octanol–water partition coefficient (Wildman–Crippen LogP) is 7.07. The third kappa shape index (κ3) is 6.30. The fraction of sp³-hybridized carbons (Fsp3) is 0.0385. The van der Waals surface area contributed by atoms with Gasteiger partial charge in [0.1, 0.15) is 40.3 Å². The van der Waals surface area contributed by atoms with E-state index in [1.165, 1.54) is 49.6 Å². The Kier molecular flexibility index (Phi) is 8.34. The number of hydrogen-bond acceptors (Lipinski definition) is 4. The first-order valence-electron chi connectivity index (χ1n) is 9.91. The van der Waals surface area contributed by atoms with Crippen LogP contribution in [0.15, 0.2) is 72.8 Å². The molecule has 0 aliphatic heterocycles. The SMILES string of the molecule is COC(=O)c1cc(-c2ccc(F)cc2F)cc(I)c1O.Oc1ccc(-c2ccc(F)cc2F)cc1. The van der Waals surface area contributed by atoms with Crippen LogP contribution in [0.25, 0.3) is 22.3 Å². The highest BCUT2D eigenvalue weighted by atomic mass is 127. The molecule has 4 nitrogen and oxygen atoms in total. The fourth-order valence-corrected chi connectivity index (χ4v) is 3.73. The number of phenols is 2. The van der Waals surface area contributed by atoms with Crippen molar-refractivity contribution in [2.75, 3.05) is 7.11 Å². The Bertz CT molecular complexity index is 1370. The molecule has 0 radical (unpaired) electrons. The normalized spacial score (nSPS) is 10.3. The smallest absolute Gasteiger partial charge is 0.341 e. The zero-order valence-electron chi connectivity index (χ0n) is 18.0. The van der Waals surface area contributed by atoms with E-state index >= 15 is 0 Å². The molecule has 4 aromatic carbocycles. The summed E-state index contributed by atoms with van der Waals surface area (Å²) in [6.07, 6.45) is 0. The highest BCUT2D eigenvalue weighted by Crippen LogP contribution is 2.33. The van der Waals surface area contributed by atoms with Gasteiger partial charge in [0.05, 0.1) is 10.7 Å². The molecule has 0 spiro atoms. The van der Waals surface area contributed by atoms with Crippen LogP contribution in [-0.2, 0) is 4.74 Å². The Morgan fingerprint density at radius 2 is 1.26 bits per heavy atom. The van der Waals surface area contributed by atoms with Crippen LogP contribution in [0.1, 0.15) is 10.4 Å². The first-order chi connectivity index (χ1) is 16.6. The van der Waals surface area contributed by atoms with E-state index in [2.05, 4.69) is 4.74 Å². The lowest BCUT2D eigenvalue weighted by Gasteiger charge is -2.09. The first kappa shape index (κ1) is 26.0. The number of ether oxygens (including phenoxy) is 1. The molecule has 0 bridgehead atoms. The number of hydrogen-bond donors (Lipinski definition) is 2. The van der Waals surface area contributed by atoms with Crippen molar-refractivity contribution in [1.82, 2.24) is 0 Å². The topological polar surface area (TPSA) is 66.8 Å². The summed E-state index contributed by atoms with van der Waals surface area (Å²) in [6, 6.07) is 15.4. The minimum Gasteiger partial charge on any atom is -0.508 e. The van der Waals surface area contributed by atoms with E-state index < -0.39 is 29.2 Å². The number of aromatic hydroxyl groups is 2. The van der Waals surface area contributed by atoms with E-state index in [0.717, 1.165) is 18.2 Å². The fourth-order valence-electron chi connectivity index (χ4n) is 3.11. The summed E-state index contributed by atoms with van der Waals surface area (Å²) in [5, 5.41) is 18.9. The van der Waals surface area contributed by atoms with Crippen LogP contribution in [0, 0.1) is 26.8 Å². The third-order valence-electron chi connectivity index (χ3n) is 4.82. The summed E-state index contributed by atoms with van der Waals surface area (Å²) >= 11 is 1.82. The Morgan fingerprint density at radius 1 is 0.743 bits per heavy atom. The van der Waals surface area contributed by atoms with Crippen molar-refractivity contribution < 1.29 is 37.3 Å². The van der Waals surface area contributed by atoms with Crippen LogP contribution in [0.4, 0.5) is 17.6 Å². The minimum atomic E-state index is -0.748. The largest absolute Gasteiger partial charge is 0.508 e. The summed E-state index contributed by atoms with van der Waals surface area (Å²) in [5.41, 5.74) is 1.33. The van der Waals surface area contributed by atoms with Gasteiger partial charge >= 0.3 is 5.97 Å². The lowest BCUT2D eigenvalue weighted by Crippen LogP contribution is -2.03. The van der Waals surface area contributed by atoms with Crippen molar-refractivity contribution in [2.24, 2.45) is 0 Å². The number of rotatable bonds is 3. The summed E-state index contributed by atoms with van der Waals surface area (Å²) < 4.78 is 57.6. The molecule has 0 heterocycles. The molecular weight excluding hydrogens is 579 g/mol. The van der Waals surface area contributed by atoms with Gasteiger partial charge in [0.15, 0.2) is 0 Å². The van der Waals surface area contributed by atoms with Crippen molar-refractivity contribution >= 4 is 28.6 Å². The number of carbonyl (C=O) groups is 1. The molecule has 180 valence electrons. The van der Waals surface area contributed by atoms with Gasteiger partial charge in [-0.2, -0.15) is 0 Å². The van der Waals surface area contributed by atoms with Crippen molar-refractivity contribution in [3.63, 3.8) is 0 Å². The minimum absolute atomic E-state index is 0.0712. The number of phenolic OH excluding ortho intramolecular Hbond substituents is 2. The number of carbonyl (C=O) groups excluding carboxylic acids is 1. The predicted molar refractivity (Wildman–Crippen MR) is 131 cm³/mol. The first-order valence-corrected chi connectivity index (χ1v) is 11.0. The summed E-state index contributed by atoms with van der Waals surface area (Å²) in [6.45, 7) is 0. The second-order valence-corrected chi connectivity index (χ2v) is 8.30. The van der Waals surface area contributed by atoms with Crippen LogP contribution < -0.4 is 0 Å². The monoisotopic (exact) mass is 596 g/mol. The number of methoxy groups -OCH3 is 1. The average molecular weight is 596 g/mol. The zero-order chi connectivity index (χ0) is 25.7. The molecule has 4 rings (SSSR count). The molecule has 2 N–H and O–H groups in total. The second-order valence-electron chi connectivity index (χ2n) is 7.14. The van der Waals surface area contributed by atoms with Gasteiger partial charge in [0.2, 0.25) is 0 Å². The Labute approximate surface area is 211 Å². The number of benzene rings is 4. The van der Waals surface area contributed by atoms with Crippen LogP contribution in [-0.4, -0.2) is 23.3 Å². The van der Waals surface area contributed by atoms with Crippen LogP contribution in [0.3, 0.4) is 0 Å². The molecule has 0 unspecified atom stereocenters. The highest BCUT2D eigenvalue weighted by Gasteiger charge is 2.18. The van der Waals surface area contributed by atoms with E-state index in [-0.39, 0.29) is 22.6 Å². The maximum absolute atomic E-state index is 13.8. The van der Waals surface area contributed by atoms with Crippen LogP contribution in [0.5, 0.6) is 11.5 Å². The van der Waals surface area contributed by atoms with Gasteiger partial charge in [-0.15, -0.1) is 0 Å². The summed E-state index contributed by atoms with van der Waals surface area (Å²) in [7, 11) is 1.18. The van der Waals surface area contributed by atoms with Crippen LogP contribution >= 0.6 is 22.6 Å². The molecule has 35 heavy (non-hydrogen) atoms. The van der Waals surface area contributed by atoms with E-state index in [1.54, 1.807) is 12.1 Å². The maximum Gasteiger partial charge on any atom is 0.341 e. The van der Waals surface area contributed by atoms with Gasteiger partial charge in [-0.25, -0.2) is 22.4 Å². The highest BCUT2D eigenvalue weighted by molar-refractivity contribution is 14.1. The lowest BCUT2D eigenvalue weighted by molar-refractivity contribution is 0.0597. The molecule has 0 aromatic heterocycles. The maximum atomic E-state index is 13.8. The lowest BCUT2D eigenvalue weighted by atomic mass is 10.0. The number of halogens is 5. The van der Waals surface area contributed by atoms with E-state index in [4.69, 9.17) is 5.11 Å². The molecule has 0 saturated carbocycles. The molecule has 9 heteroatoms. The number of esters is 1. The molecule has 0 aliphatic carbocycles.